The van der Waals surface area contributed by atoms with E-state index < -0.39 is 6.10 Å². The molecule has 2 heteroatoms. The molecule has 0 amide bonds. The van der Waals surface area contributed by atoms with E-state index in [4.69, 9.17) is 0 Å². The zero-order valence-electron chi connectivity index (χ0n) is 9.83. The number of benzene rings is 1. The SMILES string of the molecule is C=C(C)[C@H]1Cc2c(C)ccc(O)c2C(O)C1. The first-order chi connectivity index (χ1) is 7.50. The number of hydrogen-bond donors (Lipinski definition) is 2. The molecule has 0 heterocycles. The first-order valence-corrected chi connectivity index (χ1v) is 5.65. The molecule has 86 valence electrons. The molecule has 1 aliphatic carbocycles. The van der Waals surface area contributed by atoms with Gasteiger partial charge in [0.25, 0.3) is 0 Å². The highest BCUT2D eigenvalue weighted by Gasteiger charge is 2.29. The summed E-state index contributed by atoms with van der Waals surface area (Å²) >= 11 is 0. The molecule has 0 fully saturated rings. The first kappa shape index (κ1) is 11.2. The Hall–Kier alpha value is -1.28. The summed E-state index contributed by atoms with van der Waals surface area (Å²) in [6.45, 7) is 7.98. The summed E-state index contributed by atoms with van der Waals surface area (Å²) in [6.07, 6.45) is 0.978. The molecule has 0 aromatic heterocycles. The quantitative estimate of drug-likeness (QED) is 0.711. The number of hydrogen-bond acceptors (Lipinski definition) is 2. The number of fused-ring (bicyclic) bond motifs is 1. The summed E-state index contributed by atoms with van der Waals surface area (Å²) in [5.74, 6) is 0.538. The van der Waals surface area contributed by atoms with E-state index in [2.05, 4.69) is 6.58 Å². The fourth-order valence-electron chi connectivity index (χ4n) is 2.50. The topological polar surface area (TPSA) is 40.5 Å². The van der Waals surface area contributed by atoms with Crippen LogP contribution in [0, 0.1) is 12.8 Å². The maximum atomic E-state index is 10.1. The molecule has 1 aromatic rings. The smallest absolute Gasteiger partial charge is 0.121 e. The number of allylic oxidation sites excluding steroid dienone is 1. The minimum absolute atomic E-state index is 0.216. The number of aromatic hydroxyl groups is 1. The Morgan fingerprint density at radius 3 is 2.75 bits per heavy atom. The fraction of sp³-hybridized carbons (Fsp3) is 0.429. The van der Waals surface area contributed by atoms with E-state index in [0.717, 1.165) is 28.7 Å². The first-order valence-electron chi connectivity index (χ1n) is 5.65. The van der Waals surface area contributed by atoms with Gasteiger partial charge in [-0.25, -0.2) is 0 Å². The van der Waals surface area contributed by atoms with Crippen LogP contribution in [0.4, 0.5) is 0 Å². The van der Waals surface area contributed by atoms with Crippen molar-refractivity contribution < 1.29 is 10.2 Å². The summed E-state index contributed by atoms with van der Waals surface area (Å²) in [7, 11) is 0. The molecule has 1 aliphatic rings. The monoisotopic (exact) mass is 218 g/mol. The van der Waals surface area contributed by atoms with Crippen LogP contribution >= 0.6 is 0 Å². The van der Waals surface area contributed by atoms with Crippen molar-refractivity contribution in [3.8, 4) is 5.75 Å². The minimum Gasteiger partial charge on any atom is -0.508 e. The molecule has 2 atom stereocenters. The van der Waals surface area contributed by atoms with Crippen LogP contribution < -0.4 is 0 Å². The second kappa shape index (κ2) is 3.95. The van der Waals surface area contributed by atoms with Crippen LogP contribution in [-0.4, -0.2) is 10.2 Å². The van der Waals surface area contributed by atoms with Crippen molar-refractivity contribution >= 4 is 0 Å². The van der Waals surface area contributed by atoms with Crippen LogP contribution in [0.5, 0.6) is 5.75 Å². The van der Waals surface area contributed by atoms with Gasteiger partial charge in [0.15, 0.2) is 0 Å². The van der Waals surface area contributed by atoms with Gasteiger partial charge < -0.3 is 10.2 Å². The summed E-state index contributed by atoms with van der Waals surface area (Å²) in [4.78, 5) is 0. The number of aliphatic hydroxyl groups excluding tert-OH is 1. The standard InChI is InChI=1S/C14H18O2/c1-8(2)10-6-11-9(3)4-5-12(15)14(11)13(16)7-10/h4-5,10,13,15-16H,1,6-7H2,2-3H3/t10-,13?/m0/s1. The van der Waals surface area contributed by atoms with Gasteiger partial charge in [-0.3, -0.25) is 0 Å². The number of aryl methyl sites for hydroxylation is 1. The van der Waals surface area contributed by atoms with Gasteiger partial charge in [-0.1, -0.05) is 18.2 Å². The van der Waals surface area contributed by atoms with Crippen LogP contribution in [0.3, 0.4) is 0 Å². The highest BCUT2D eigenvalue weighted by molar-refractivity contribution is 5.47. The van der Waals surface area contributed by atoms with Crippen molar-refractivity contribution in [2.75, 3.05) is 0 Å². The van der Waals surface area contributed by atoms with Crippen LogP contribution in [0.1, 0.15) is 36.1 Å². The van der Waals surface area contributed by atoms with Gasteiger partial charge in [-0.05, 0) is 49.8 Å². The predicted molar refractivity (Wildman–Crippen MR) is 64.4 cm³/mol. The van der Waals surface area contributed by atoms with Crippen molar-refractivity contribution in [1.29, 1.82) is 0 Å². The molecule has 1 unspecified atom stereocenters. The van der Waals surface area contributed by atoms with Crippen molar-refractivity contribution in [3.63, 3.8) is 0 Å². The lowest BCUT2D eigenvalue weighted by Crippen LogP contribution is -2.20. The summed E-state index contributed by atoms with van der Waals surface area (Å²) in [5, 5.41) is 19.9. The van der Waals surface area contributed by atoms with E-state index >= 15 is 0 Å². The van der Waals surface area contributed by atoms with Crippen LogP contribution in [0.2, 0.25) is 0 Å². The van der Waals surface area contributed by atoms with Crippen LogP contribution in [0.15, 0.2) is 24.3 Å². The molecular weight excluding hydrogens is 200 g/mol. The normalized spacial score (nSPS) is 23.9. The average molecular weight is 218 g/mol. The molecule has 2 rings (SSSR count). The summed E-state index contributed by atoms with van der Waals surface area (Å²) in [5.41, 5.74) is 4.05. The van der Waals surface area contributed by atoms with Crippen molar-refractivity contribution in [3.05, 3.63) is 41.0 Å². The third kappa shape index (κ3) is 1.74. The van der Waals surface area contributed by atoms with E-state index in [1.165, 1.54) is 0 Å². The summed E-state index contributed by atoms with van der Waals surface area (Å²) in [6, 6.07) is 3.57. The highest BCUT2D eigenvalue weighted by atomic mass is 16.3. The molecule has 2 nitrogen and oxygen atoms in total. The lowest BCUT2D eigenvalue weighted by Gasteiger charge is -2.30. The number of rotatable bonds is 1. The molecule has 0 saturated carbocycles. The molecule has 1 aromatic carbocycles. The van der Waals surface area contributed by atoms with Gasteiger partial charge in [0.1, 0.15) is 5.75 Å². The lowest BCUT2D eigenvalue weighted by atomic mass is 9.77. The second-order valence-corrected chi connectivity index (χ2v) is 4.79. The highest BCUT2D eigenvalue weighted by Crippen LogP contribution is 2.41. The van der Waals surface area contributed by atoms with Gasteiger partial charge in [-0.15, -0.1) is 0 Å². The Kier molecular flexibility index (Phi) is 2.76. The Balaban J connectivity index is 2.49. The molecule has 16 heavy (non-hydrogen) atoms. The van der Waals surface area contributed by atoms with E-state index in [1.54, 1.807) is 6.07 Å². The van der Waals surface area contributed by atoms with Crippen molar-refractivity contribution in [2.45, 2.75) is 32.8 Å². The molecule has 0 spiro atoms. The zero-order valence-corrected chi connectivity index (χ0v) is 9.83. The average Bonchev–Trinajstić information content (AvgIpc) is 2.22. The third-order valence-corrected chi connectivity index (χ3v) is 3.56. The zero-order chi connectivity index (χ0) is 11.9. The largest absolute Gasteiger partial charge is 0.508 e. The maximum absolute atomic E-state index is 10.1. The Morgan fingerprint density at radius 2 is 2.12 bits per heavy atom. The Bertz CT molecular complexity index is 435. The third-order valence-electron chi connectivity index (χ3n) is 3.56. The molecule has 0 bridgehead atoms. The number of phenolic OH excluding ortho intramolecular Hbond substituents is 1. The van der Waals surface area contributed by atoms with Crippen LogP contribution in [0.25, 0.3) is 0 Å². The minimum atomic E-state index is -0.564. The van der Waals surface area contributed by atoms with Crippen molar-refractivity contribution in [1.82, 2.24) is 0 Å². The van der Waals surface area contributed by atoms with E-state index in [1.807, 2.05) is 19.9 Å². The summed E-state index contributed by atoms with van der Waals surface area (Å²) < 4.78 is 0. The van der Waals surface area contributed by atoms with Gasteiger partial charge in [0, 0.05) is 5.56 Å². The van der Waals surface area contributed by atoms with Gasteiger partial charge in [-0.2, -0.15) is 0 Å². The predicted octanol–water partition coefficient (Wildman–Crippen LogP) is 2.87. The maximum Gasteiger partial charge on any atom is 0.121 e. The molecule has 2 N–H and O–H groups in total. The van der Waals surface area contributed by atoms with E-state index in [0.29, 0.717) is 12.3 Å². The van der Waals surface area contributed by atoms with Gasteiger partial charge >= 0.3 is 0 Å². The molecular formula is C14H18O2. The van der Waals surface area contributed by atoms with E-state index in [-0.39, 0.29) is 5.75 Å². The van der Waals surface area contributed by atoms with E-state index in [9.17, 15) is 10.2 Å². The molecule has 0 aliphatic heterocycles. The number of phenols is 1. The second-order valence-electron chi connectivity index (χ2n) is 4.79. The lowest BCUT2D eigenvalue weighted by molar-refractivity contribution is 0.136. The van der Waals surface area contributed by atoms with Crippen LogP contribution in [-0.2, 0) is 6.42 Å². The van der Waals surface area contributed by atoms with Gasteiger partial charge in [0.05, 0.1) is 6.10 Å². The molecule has 0 radical (unpaired) electrons. The Labute approximate surface area is 96.2 Å². The molecule has 0 saturated heterocycles. The number of aliphatic hydroxyl groups is 1. The Morgan fingerprint density at radius 1 is 1.44 bits per heavy atom. The van der Waals surface area contributed by atoms with Crippen molar-refractivity contribution in [2.24, 2.45) is 5.92 Å². The van der Waals surface area contributed by atoms with Gasteiger partial charge in [0.2, 0.25) is 0 Å². The fourth-order valence-corrected chi connectivity index (χ4v) is 2.50.